The molecular weight excluding hydrogens is 307 g/mol. The lowest BCUT2D eigenvalue weighted by atomic mass is 9.97. The van der Waals surface area contributed by atoms with E-state index in [9.17, 15) is 9.18 Å². The smallest absolute Gasteiger partial charge is 0.263 e. The van der Waals surface area contributed by atoms with E-state index in [0.717, 1.165) is 32.5 Å². The van der Waals surface area contributed by atoms with Gasteiger partial charge in [0.05, 0.1) is 5.02 Å². The molecule has 22 heavy (non-hydrogen) atoms. The summed E-state index contributed by atoms with van der Waals surface area (Å²) in [5.41, 5.74) is 0. The average molecular weight is 329 g/mol. The molecule has 1 amide bonds. The van der Waals surface area contributed by atoms with Crippen LogP contribution in [0.25, 0.3) is 0 Å². The summed E-state index contributed by atoms with van der Waals surface area (Å²) >= 11 is 5.93. The number of amides is 1. The van der Waals surface area contributed by atoms with Crippen molar-refractivity contribution < 1.29 is 13.9 Å². The molecule has 0 aromatic heterocycles. The Balaban J connectivity index is 1.96. The highest BCUT2D eigenvalue weighted by atomic mass is 35.5. The van der Waals surface area contributed by atoms with Crippen LogP contribution in [0.15, 0.2) is 18.2 Å². The summed E-state index contributed by atoms with van der Waals surface area (Å²) in [7, 11) is 1.92. The van der Waals surface area contributed by atoms with Crippen molar-refractivity contribution in [2.45, 2.75) is 25.9 Å². The number of nitrogens with one attached hydrogen (secondary N) is 1. The van der Waals surface area contributed by atoms with E-state index in [0.29, 0.717) is 11.7 Å². The molecule has 1 fully saturated rings. The lowest BCUT2D eigenvalue weighted by Crippen LogP contribution is -2.47. The molecule has 6 heteroatoms. The van der Waals surface area contributed by atoms with Gasteiger partial charge in [-0.05, 0) is 57.5 Å². The molecule has 1 N–H and O–H groups in total. The molecule has 0 spiro atoms. The molecule has 2 unspecified atom stereocenters. The van der Waals surface area contributed by atoms with Crippen molar-refractivity contribution in [3.63, 3.8) is 0 Å². The third kappa shape index (κ3) is 4.34. The van der Waals surface area contributed by atoms with Crippen LogP contribution in [0.4, 0.5) is 4.39 Å². The number of halogens is 2. The van der Waals surface area contributed by atoms with Gasteiger partial charge in [0.1, 0.15) is 11.6 Å². The zero-order chi connectivity index (χ0) is 16.1. The summed E-state index contributed by atoms with van der Waals surface area (Å²) < 4.78 is 18.6. The molecule has 0 radical (unpaired) electrons. The van der Waals surface area contributed by atoms with Gasteiger partial charge in [-0.15, -0.1) is 0 Å². The van der Waals surface area contributed by atoms with Crippen LogP contribution in [-0.2, 0) is 4.79 Å². The SMILES string of the molecule is CNCC1CCCN(C(=O)C(C)Oc2ccc(F)cc2Cl)C1. The molecule has 1 aliphatic heterocycles. The predicted molar refractivity (Wildman–Crippen MR) is 84.7 cm³/mol. The Labute approximate surface area is 135 Å². The number of nitrogens with zero attached hydrogens (tertiary/aromatic N) is 1. The monoisotopic (exact) mass is 328 g/mol. The molecule has 2 rings (SSSR count). The maximum Gasteiger partial charge on any atom is 0.263 e. The maximum atomic E-state index is 13.0. The van der Waals surface area contributed by atoms with E-state index in [1.807, 2.05) is 11.9 Å². The number of carbonyl (C=O) groups is 1. The van der Waals surface area contributed by atoms with Crippen LogP contribution in [-0.4, -0.2) is 43.6 Å². The van der Waals surface area contributed by atoms with Crippen LogP contribution in [0.5, 0.6) is 5.75 Å². The highest BCUT2D eigenvalue weighted by Gasteiger charge is 2.27. The minimum Gasteiger partial charge on any atom is -0.479 e. The molecule has 4 nitrogen and oxygen atoms in total. The minimum absolute atomic E-state index is 0.0544. The summed E-state index contributed by atoms with van der Waals surface area (Å²) in [5.74, 6) is 0.320. The first-order valence-corrected chi connectivity index (χ1v) is 7.94. The van der Waals surface area contributed by atoms with E-state index in [-0.39, 0.29) is 10.9 Å². The topological polar surface area (TPSA) is 41.6 Å². The third-order valence-corrected chi connectivity index (χ3v) is 4.16. The second-order valence-electron chi connectivity index (χ2n) is 5.69. The maximum absolute atomic E-state index is 13.0. The average Bonchev–Trinajstić information content (AvgIpc) is 2.50. The van der Waals surface area contributed by atoms with Crippen LogP contribution < -0.4 is 10.1 Å². The third-order valence-electron chi connectivity index (χ3n) is 3.87. The fraction of sp³-hybridized carbons (Fsp3) is 0.562. The fourth-order valence-electron chi connectivity index (χ4n) is 2.79. The summed E-state index contributed by atoms with van der Waals surface area (Å²) in [6, 6.07) is 3.89. The molecule has 1 aliphatic rings. The molecule has 1 aromatic rings. The first-order valence-electron chi connectivity index (χ1n) is 7.56. The molecule has 122 valence electrons. The van der Waals surface area contributed by atoms with E-state index < -0.39 is 11.9 Å². The lowest BCUT2D eigenvalue weighted by Gasteiger charge is -2.34. The number of carbonyl (C=O) groups excluding carboxylic acids is 1. The van der Waals surface area contributed by atoms with Crippen LogP contribution in [0.3, 0.4) is 0 Å². The molecule has 0 bridgehead atoms. The number of rotatable bonds is 5. The van der Waals surface area contributed by atoms with Crippen molar-refractivity contribution in [3.8, 4) is 5.75 Å². The Kier molecular flexibility index (Phi) is 6.03. The standard InChI is InChI=1S/C16H22ClFN2O2/c1-11(22-15-6-5-13(18)8-14(15)17)16(21)20-7-3-4-12(10-20)9-19-2/h5-6,8,11-12,19H,3-4,7,9-10H2,1-2H3. The van der Waals surface area contributed by atoms with Crippen molar-refractivity contribution >= 4 is 17.5 Å². The van der Waals surface area contributed by atoms with Gasteiger partial charge in [-0.1, -0.05) is 11.6 Å². The number of likely N-dealkylation sites (tertiary alicyclic amines) is 1. The Bertz CT molecular complexity index is 525. The largest absolute Gasteiger partial charge is 0.479 e. The fourth-order valence-corrected chi connectivity index (χ4v) is 3.00. The second kappa shape index (κ2) is 7.79. The number of hydrogen-bond donors (Lipinski definition) is 1. The van der Waals surface area contributed by atoms with Gasteiger partial charge in [0.25, 0.3) is 5.91 Å². The first-order chi connectivity index (χ1) is 10.5. The van der Waals surface area contributed by atoms with Crippen LogP contribution in [0.2, 0.25) is 5.02 Å². The number of hydrogen-bond acceptors (Lipinski definition) is 3. The molecule has 1 saturated heterocycles. The molecule has 0 aliphatic carbocycles. The Morgan fingerprint density at radius 2 is 2.36 bits per heavy atom. The lowest BCUT2D eigenvalue weighted by molar-refractivity contribution is -0.139. The van der Waals surface area contributed by atoms with Crippen molar-refractivity contribution in [1.82, 2.24) is 10.2 Å². The quantitative estimate of drug-likeness (QED) is 0.903. The highest BCUT2D eigenvalue weighted by molar-refractivity contribution is 6.32. The minimum atomic E-state index is -0.642. The van der Waals surface area contributed by atoms with E-state index >= 15 is 0 Å². The van der Waals surface area contributed by atoms with Gasteiger partial charge in [0, 0.05) is 13.1 Å². The predicted octanol–water partition coefficient (Wildman–Crippen LogP) is 2.70. The molecule has 1 heterocycles. The van der Waals surface area contributed by atoms with Gasteiger partial charge in [-0.3, -0.25) is 4.79 Å². The van der Waals surface area contributed by atoms with Gasteiger partial charge in [-0.2, -0.15) is 0 Å². The molecule has 2 atom stereocenters. The van der Waals surface area contributed by atoms with Crippen molar-refractivity contribution in [2.75, 3.05) is 26.7 Å². The summed E-state index contributed by atoms with van der Waals surface area (Å²) in [5, 5.41) is 3.33. The Morgan fingerprint density at radius 3 is 3.05 bits per heavy atom. The van der Waals surface area contributed by atoms with Crippen molar-refractivity contribution in [2.24, 2.45) is 5.92 Å². The molecule has 1 aromatic carbocycles. The van der Waals surface area contributed by atoms with E-state index in [2.05, 4.69) is 5.32 Å². The number of benzene rings is 1. The number of ether oxygens (including phenoxy) is 1. The van der Waals surface area contributed by atoms with E-state index in [1.165, 1.54) is 18.2 Å². The van der Waals surface area contributed by atoms with Crippen LogP contribution in [0, 0.1) is 11.7 Å². The van der Waals surface area contributed by atoms with E-state index in [4.69, 9.17) is 16.3 Å². The zero-order valence-electron chi connectivity index (χ0n) is 12.9. The molecule has 0 saturated carbocycles. The van der Waals surface area contributed by atoms with Gasteiger partial charge in [0.2, 0.25) is 0 Å². The summed E-state index contributed by atoms with van der Waals surface area (Å²) in [4.78, 5) is 14.3. The first kappa shape index (κ1) is 17.0. The van der Waals surface area contributed by atoms with Crippen molar-refractivity contribution in [3.05, 3.63) is 29.0 Å². The van der Waals surface area contributed by atoms with E-state index in [1.54, 1.807) is 6.92 Å². The van der Waals surface area contributed by atoms with Gasteiger partial charge in [0.15, 0.2) is 6.10 Å². The van der Waals surface area contributed by atoms with Gasteiger partial charge >= 0.3 is 0 Å². The number of piperidine rings is 1. The Hall–Kier alpha value is -1.33. The van der Waals surface area contributed by atoms with Crippen molar-refractivity contribution in [1.29, 1.82) is 0 Å². The van der Waals surface area contributed by atoms with Gasteiger partial charge < -0.3 is 15.0 Å². The molecular formula is C16H22ClFN2O2. The van der Waals surface area contributed by atoms with Crippen LogP contribution in [0.1, 0.15) is 19.8 Å². The highest BCUT2D eigenvalue weighted by Crippen LogP contribution is 2.26. The van der Waals surface area contributed by atoms with Gasteiger partial charge in [-0.25, -0.2) is 4.39 Å². The summed E-state index contributed by atoms with van der Waals surface area (Å²) in [6.45, 7) is 4.10. The second-order valence-corrected chi connectivity index (χ2v) is 6.09. The Morgan fingerprint density at radius 1 is 1.59 bits per heavy atom. The van der Waals surface area contributed by atoms with Crippen LogP contribution >= 0.6 is 11.6 Å². The normalized spacial score (nSPS) is 19.8. The summed E-state index contributed by atoms with van der Waals surface area (Å²) in [6.07, 6.45) is 1.49. The zero-order valence-corrected chi connectivity index (χ0v) is 13.7.